The first-order chi connectivity index (χ1) is 12.6. The van der Waals surface area contributed by atoms with Gasteiger partial charge < -0.3 is 10.7 Å². The summed E-state index contributed by atoms with van der Waals surface area (Å²) in [5.74, 6) is 0.741. The average Bonchev–Trinajstić information content (AvgIpc) is 2.67. The van der Waals surface area contributed by atoms with E-state index >= 15 is 0 Å². The van der Waals surface area contributed by atoms with Crippen LogP contribution in [-0.4, -0.2) is 12.9 Å². The van der Waals surface area contributed by atoms with Crippen LogP contribution in [-0.2, 0) is 19.5 Å². The van der Waals surface area contributed by atoms with E-state index in [-0.39, 0.29) is 0 Å². The fourth-order valence-electron chi connectivity index (χ4n) is 2.45. The number of hydrogen-bond acceptors (Lipinski definition) is 4. The van der Waals surface area contributed by atoms with E-state index in [9.17, 15) is 0 Å². The molecular weight excluding hydrogens is 320 g/mol. The van der Waals surface area contributed by atoms with Crippen LogP contribution in [0.4, 0.5) is 0 Å². The molecule has 4 nitrogen and oxygen atoms in total. The van der Waals surface area contributed by atoms with E-state index in [1.807, 2.05) is 6.92 Å². The largest absolute Gasteiger partial charge is 0.366 e. The highest BCUT2D eigenvalue weighted by atomic mass is 15.3. The minimum atomic E-state index is 0.693. The van der Waals surface area contributed by atoms with E-state index in [0.29, 0.717) is 13.1 Å². The van der Waals surface area contributed by atoms with Gasteiger partial charge in [0.2, 0.25) is 0 Å². The van der Waals surface area contributed by atoms with Gasteiger partial charge in [-0.05, 0) is 43.7 Å². The molecule has 0 aliphatic rings. The molecule has 2 rings (SSSR count). The molecule has 0 saturated heterocycles. The molecule has 0 fully saturated rings. The summed E-state index contributed by atoms with van der Waals surface area (Å²) in [5.41, 5.74) is 9.01. The van der Waals surface area contributed by atoms with E-state index in [2.05, 4.69) is 89.9 Å². The summed E-state index contributed by atoms with van der Waals surface area (Å²) < 4.78 is 0. The molecule has 0 saturated carbocycles. The minimum absolute atomic E-state index is 0.693. The highest BCUT2D eigenvalue weighted by Crippen LogP contribution is 2.07. The molecule has 0 unspecified atom stereocenters. The second-order valence-corrected chi connectivity index (χ2v) is 6.29. The van der Waals surface area contributed by atoms with E-state index in [0.717, 1.165) is 17.8 Å². The quantitative estimate of drug-likeness (QED) is 0.523. The molecule has 0 atom stereocenters. The predicted molar refractivity (Wildman–Crippen MR) is 111 cm³/mol. The SMILES string of the molecule is C=N/C(NCc1ccc(CC)cc1)=C(C)/C=N\NCc1ccc(C)cc1. The lowest BCUT2D eigenvalue weighted by atomic mass is 10.1. The third-order valence-electron chi connectivity index (χ3n) is 4.18. The Morgan fingerprint density at radius 3 is 2.15 bits per heavy atom. The lowest BCUT2D eigenvalue weighted by molar-refractivity contribution is 0.746. The first-order valence-electron chi connectivity index (χ1n) is 8.93. The smallest absolute Gasteiger partial charge is 0.129 e. The van der Waals surface area contributed by atoms with Crippen molar-refractivity contribution < 1.29 is 0 Å². The van der Waals surface area contributed by atoms with Crippen molar-refractivity contribution in [2.75, 3.05) is 0 Å². The molecule has 2 N–H and O–H groups in total. The maximum absolute atomic E-state index is 4.27. The molecule has 0 heterocycles. The van der Waals surface area contributed by atoms with Crippen LogP contribution in [0.1, 0.15) is 36.1 Å². The number of hydrazone groups is 1. The Morgan fingerprint density at radius 1 is 0.962 bits per heavy atom. The summed E-state index contributed by atoms with van der Waals surface area (Å²) in [6.07, 6.45) is 2.82. The highest BCUT2D eigenvalue weighted by Gasteiger charge is 1.99. The number of hydrogen-bond donors (Lipinski definition) is 2. The van der Waals surface area contributed by atoms with Crippen molar-refractivity contribution in [1.29, 1.82) is 0 Å². The van der Waals surface area contributed by atoms with Gasteiger partial charge in [0, 0.05) is 12.1 Å². The van der Waals surface area contributed by atoms with Gasteiger partial charge in [-0.25, -0.2) is 4.99 Å². The van der Waals surface area contributed by atoms with Crippen LogP contribution in [0.25, 0.3) is 0 Å². The van der Waals surface area contributed by atoms with Gasteiger partial charge in [-0.15, -0.1) is 0 Å². The van der Waals surface area contributed by atoms with Crippen molar-refractivity contribution in [2.24, 2.45) is 10.1 Å². The Hall–Kier alpha value is -2.88. The first kappa shape index (κ1) is 19.4. The molecule has 0 aromatic heterocycles. The molecule has 2 aromatic carbocycles. The summed E-state index contributed by atoms with van der Waals surface area (Å²) >= 11 is 0. The number of benzene rings is 2. The van der Waals surface area contributed by atoms with Crippen molar-refractivity contribution >= 4 is 12.9 Å². The van der Waals surface area contributed by atoms with Crippen LogP contribution < -0.4 is 10.7 Å². The monoisotopic (exact) mass is 348 g/mol. The number of aliphatic imine (C=N–C) groups is 1. The molecule has 2 aromatic rings. The van der Waals surface area contributed by atoms with Crippen LogP contribution in [0.2, 0.25) is 0 Å². The molecule has 0 spiro atoms. The predicted octanol–water partition coefficient (Wildman–Crippen LogP) is 4.35. The van der Waals surface area contributed by atoms with Gasteiger partial charge in [-0.2, -0.15) is 5.10 Å². The molecule has 0 bridgehead atoms. The summed E-state index contributed by atoms with van der Waals surface area (Å²) in [5, 5.41) is 7.59. The normalized spacial score (nSPS) is 12.0. The van der Waals surface area contributed by atoms with Crippen LogP contribution in [0, 0.1) is 6.92 Å². The van der Waals surface area contributed by atoms with Gasteiger partial charge in [0.25, 0.3) is 0 Å². The molecular formula is C22H28N4. The Kier molecular flexibility index (Phi) is 7.62. The zero-order valence-corrected chi connectivity index (χ0v) is 15.9. The summed E-state index contributed by atoms with van der Waals surface area (Å²) in [4.78, 5) is 4.08. The highest BCUT2D eigenvalue weighted by molar-refractivity contribution is 5.78. The third kappa shape index (κ3) is 6.20. The molecule has 0 aliphatic carbocycles. The number of allylic oxidation sites excluding steroid dienone is 1. The van der Waals surface area contributed by atoms with Gasteiger partial charge in [-0.3, -0.25) is 0 Å². The van der Waals surface area contributed by atoms with E-state index in [1.54, 1.807) is 6.21 Å². The number of nitrogens with zero attached hydrogens (tertiary/aromatic N) is 2. The minimum Gasteiger partial charge on any atom is -0.366 e. The molecule has 26 heavy (non-hydrogen) atoms. The second-order valence-electron chi connectivity index (χ2n) is 6.29. The van der Waals surface area contributed by atoms with Crippen molar-refractivity contribution in [2.45, 2.75) is 40.3 Å². The van der Waals surface area contributed by atoms with Gasteiger partial charge >= 0.3 is 0 Å². The Morgan fingerprint density at radius 2 is 1.54 bits per heavy atom. The van der Waals surface area contributed by atoms with E-state index in [1.165, 1.54) is 22.3 Å². The molecule has 0 amide bonds. The summed E-state index contributed by atoms with van der Waals surface area (Å²) in [6.45, 7) is 11.3. The number of nitrogens with one attached hydrogen (secondary N) is 2. The Balaban J connectivity index is 1.87. The van der Waals surface area contributed by atoms with Crippen molar-refractivity contribution in [3.8, 4) is 0 Å². The maximum Gasteiger partial charge on any atom is 0.129 e. The van der Waals surface area contributed by atoms with Crippen LogP contribution in [0.5, 0.6) is 0 Å². The topological polar surface area (TPSA) is 48.8 Å². The van der Waals surface area contributed by atoms with Crippen LogP contribution >= 0.6 is 0 Å². The Bertz CT molecular complexity index is 756. The molecule has 0 radical (unpaired) electrons. The lowest BCUT2D eigenvalue weighted by Crippen LogP contribution is -2.14. The molecule has 136 valence electrons. The molecule has 4 heteroatoms. The van der Waals surface area contributed by atoms with Gasteiger partial charge in [0.1, 0.15) is 5.82 Å². The summed E-state index contributed by atoms with van der Waals surface area (Å²) in [7, 11) is 0. The lowest BCUT2D eigenvalue weighted by Gasteiger charge is -2.09. The molecule has 0 aliphatic heterocycles. The number of aryl methyl sites for hydroxylation is 2. The van der Waals surface area contributed by atoms with Crippen molar-refractivity contribution in [3.63, 3.8) is 0 Å². The summed E-state index contributed by atoms with van der Waals surface area (Å²) in [6, 6.07) is 17.0. The Labute approximate surface area is 156 Å². The fourth-order valence-corrected chi connectivity index (χ4v) is 2.45. The average molecular weight is 348 g/mol. The van der Waals surface area contributed by atoms with E-state index in [4.69, 9.17) is 0 Å². The van der Waals surface area contributed by atoms with E-state index < -0.39 is 0 Å². The van der Waals surface area contributed by atoms with Crippen molar-refractivity contribution in [1.82, 2.24) is 10.7 Å². The van der Waals surface area contributed by atoms with Crippen LogP contribution in [0.15, 0.2) is 70.0 Å². The second kappa shape index (κ2) is 10.2. The fraction of sp³-hybridized carbons (Fsp3) is 0.273. The third-order valence-corrected chi connectivity index (χ3v) is 4.18. The zero-order chi connectivity index (χ0) is 18.8. The van der Waals surface area contributed by atoms with Crippen molar-refractivity contribution in [3.05, 3.63) is 82.2 Å². The zero-order valence-electron chi connectivity index (χ0n) is 15.9. The first-order valence-corrected chi connectivity index (χ1v) is 8.93. The van der Waals surface area contributed by atoms with Gasteiger partial charge in [-0.1, -0.05) is 61.0 Å². The van der Waals surface area contributed by atoms with Gasteiger partial charge in [0.05, 0.1) is 12.8 Å². The standard InChI is InChI=1S/C22H28N4/c1-5-19-10-12-20(13-11-19)15-24-22(23-4)18(3)14-25-26-16-21-8-6-17(2)7-9-21/h6-14,24,26H,4-5,15-16H2,1-3H3/b22-18-,25-14-. The maximum atomic E-state index is 4.27. The number of rotatable bonds is 9. The van der Waals surface area contributed by atoms with Crippen LogP contribution in [0.3, 0.4) is 0 Å². The van der Waals surface area contributed by atoms with Gasteiger partial charge in [0.15, 0.2) is 0 Å².